The smallest absolute Gasteiger partial charge is 0.152 e. The van der Waals surface area contributed by atoms with Crippen molar-refractivity contribution in [3.63, 3.8) is 0 Å². The van der Waals surface area contributed by atoms with Crippen LogP contribution < -0.4 is 0 Å². The van der Waals surface area contributed by atoms with Gasteiger partial charge in [0.15, 0.2) is 6.10 Å². The van der Waals surface area contributed by atoms with Crippen molar-refractivity contribution in [3.8, 4) is 0 Å². The summed E-state index contributed by atoms with van der Waals surface area (Å²) >= 11 is 3.12. The molecule has 0 N–H and O–H groups in total. The van der Waals surface area contributed by atoms with Crippen molar-refractivity contribution in [1.29, 1.82) is 0 Å². The largest absolute Gasteiger partial charge is 0.390 e. The highest BCUT2D eigenvalue weighted by atomic mass is 79.9. The van der Waals surface area contributed by atoms with Crippen LogP contribution in [0, 0.1) is 5.82 Å². The maximum absolute atomic E-state index is 13.5. The molecule has 0 amide bonds. The second-order valence-electron chi connectivity index (χ2n) is 4.22. The molecule has 3 rings (SSSR count). The van der Waals surface area contributed by atoms with Crippen LogP contribution in [0.5, 0.6) is 0 Å². The molecule has 1 atom stereocenters. The normalized spacial score (nSPS) is 18.2. The van der Waals surface area contributed by atoms with Crippen molar-refractivity contribution in [1.82, 2.24) is 15.0 Å². The maximum atomic E-state index is 13.5. The van der Waals surface area contributed by atoms with Crippen LogP contribution in [0.1, 0.15) is 12.0 Å². The van der Waals surface area contributed by atoms with E-state index < -0.39 is 0 Å². The van der Waals surface area contributed by atoms with Gasteiger partial charge in [0.25, 0.3) is 0 Å². The molecule has 0 saturated carbocycles. The molecule has 0 saturated heterocycles. The van der Waals surface area contributed by atoms with Gasteiger partial charge >= 0.3 is 0 Å². The van der Waals surface area contributed by atoms with Crippen LogP contribution in [-0.4, -0.2) is 26.8 Å². The highest BCUT2D eigenvalue weighted by Gasteiger charge is 2.23. The van der Waals surface area contributed by atoms with Crippen LogP contribution in [0.25, 0.3) is 0 Å². The minimum Gasteiger partial charge on any atom is -0.390 e. The van der Waals surface area contributed by atoms with Gasteiger partial charge in [-0.3, -0.25) is 0 Å². The van der Waals surface area contributed by atoms with Crippen LogP contribution in [0.2, 0.25) is 0 Å². The lowest BCUT2D eigenvalue weighted by Crippen LogP contribution is -2.17. The van der Waals surface area contributed by atoms with Crippen LogP contribution in [0.4, 0.5) is 4.39 Å². The minimum atomic E-state index is -0.306. The van der Waals surface area contributed by atoms with Crippen LogP contribution >= 0.6 is 15.9 Å². The average molecular weight is 325 g/mol. The van der Waals surface area contributed by atoms with E-state index in [1.807, 2.05) is 6.07 Å². The monoisotopic (exact) mass is 324 g/mol. The van der Waals surface area contributed by atoms with Gasteiger partial charge in [-0.1, -0.05) is 16.4 Å². The fraction of sp³-hybridized carbons (Fsp3) is 0.250. The van der Waals surface area contributed by atoms with E-state index in [1.54, 1.807) is 23.1 Å². The highest BCUT2D eigenvalue weighted by molar-refractivity contribution is 9.10. The Kier molecular flexibility index (Phi) is 3.29. The third kappa shape index (κ3) is 2.65. The lowest BCUT2D eigenvalue weighted by Gasteiger charge is -2.06. The molecule has 0 spiro atoms. The summed E-state index contributed by atoms with van der Waals surface area (Å²) in [5.41, 5.74) is 1.48. The fourth-order valence-electron chi connectivity index (χ4n) is 1.91. The van der Waals surface area contributed by atoms with E-state index >= 15 is 0 Å². The summed E-state index contributed by atoms with van der Waals surface area (Å²) in [6.07, 6.45) is 3.91. The lowest BCUT2D eigenvalue weighted by atomic mass is 10.1. The second kappa shape index (κ2) is 5.08. The molecule has 0 radical (unpaired) electrons. The third-order valence-electron chi connectivity index (χ3n) is 2.85. The Morgan fingerprint density at radius 2 is 2.37 bits per heavy atom. The molecule has 2 heterocycles. The van der Waals surface area contributed by atoms with Crippen molar-refractivity contribution in [2.24, 2.45) is 5.16 Å². The summed E-state index contributed by atoms with van der Waals surface area (Å²) < 4.78 is 15.6. The number of halogens is 2. The van der Waals surface area contributed by atoms with Gasteiger partial charge in [-0.15, -0.1) is 5.10 Å². The number of nitrogens with zero attached hydrogens (tertiary/aromatic N) is 4. The molecule has 1 aromatic carbocycles. The van der Waals surface area contributed by atoms with Crippen molar-refractivity contribution in [3.05, 3.63) is 46.4 Å². The van der Waals surface area contributed by atoms with Crippen LogP contribution in [0.3, 0.4) is 0 Å². The molecule has 0 aliphatic carbocycles. The zero-order valence-corrected chi connectivity index (χ0v) is 11.4. The molecule has 19 heavy (non-hydrogen) atoms. The summed E-state index contributed by atoms with van der Waals surface area (Å²) in [5.74, 6) is -0.306. The Balaban J connectivity index is 1.69. The number of aromatic nitrogens is 3. The highest BCUT2D eigenvalue weighted by Crippen LogP contribution is 2.21. The zero-order chi connectivity index (χ0) is 13.2. The Labute approximate surface area is 117 Å². The fourth-order valence-corrected chi connectivity index (χ4v) is 2.16. The summed E-state index contributed by atoms with van der Waals surface area (Å²) in [4.78, 5) is 5.33. The number of hydrogen-bond donors (Lipinski definition) is 0. The summed E-state index contributed by atoms with van der Waals surface area (Å²) in [6, 6.07) is 4.93. The number of hydrogen-bond acceptors (Lipinski definition) is 4. The van der Waals surface area contributed by atoms with Gasteiger partial charge in [0.05, 0.1) is 22.9 Å². The molecule has 1 aliphatic rings. The average Bonchev–Trinajstić information content (AvgIpc) is 3.05. The van der Waals surface area contributed by atoms with Gasteiger partial charge in [0.2, 0.25) is 0 Å². The molecule has 5 nitrogen and oxygen atoms in total. The van der Waals surface area contributed by atoms with E-state index in [0.717, 1.165) is 11.3 Å². The van der Waals surface area contributed by atoms with Gasteiger partial charge in [0.1, 0.15) is 5.82 Å². The van der Waals surface area contributed by atoms with E-state index in [4.69, 9.17) is 4.84 Å². The zero-order valence-electron chi connectivity index (χ0n) is 9.83. The summed E-state index contributed by atoms with van der Waals surface area (Å²) in [5, 5.41) is 11.6. The second-order valence-corrected chi connectivity index (χ2v) is 5.08. The Morgan fingerprint density at radius 1 is 1.47 bits per heavy atom. The third-order valence-corrected chi connectivity index (χ3v) is 3.49. The van der Waals surface area contributed by atoms with Crippen molar-refractivity contribution >= 4 is 21.6 Å². The Morgan fingerprint density at radius 3 is 3.11 bits per heavy atom. The van der Waals surface area contributed by atoms with E-state index in [9.17, 15) is 4.39 Å². The molecule has 2 aromatic rings. The molecule has 0 unspecified atom stereocenters. The summed E-state index contributed by atoms with van der Waals surface area (Å²) in [7, 11) is 0. The van der Waals surface area contributed by atoms with E-state index in [2.05, 4.69) is 31.4 Å². The number of rotatable bonds is 3. The lowest BCUT2D eigenvalue weighted by molar-refractivity contribution is 0.0693. The molecule has 1 aliphatic heterocycles. The molecule has 0 bridgehead atoms. The van der Waals surface area contributed by atoms with Crippen molar-refractivity contribution < 1.29 is 9.23 Å². The van der Waals surface area contributed by atoms with Crippen LogP contribution in [-0.2, 0) is 11.4 Å². The minimum absolute atomic E-state index is 0.0941. The van der Waals surface area contributed by atoms with Crippen molar-refractivity contribution in [2.45, 2.75) is 19.1 Å². The Hall–Kier alpha value is -1.76. The van der Waals surface area contributed by atoms with E-state index in [-0.39, 0.29) is 11.9 Å². The number of oxime groups is 1. The van der Waals surface area contributed by atoms with Gasteiger partial charge in [0, 0.05) is 18.2 Å². The van der Waals surface area contributed by atoms with Crippen LogP contribution in [0.15, 0.2) is 40.2 Å². The van der Waals surface area contributed by atoms with Gasteiger partial charge in [-0.05, 0) is 28.1 Å². The quantitative estimate of drug-likeness (QED) is 0.871. The topological polar surface area (TPSA) is 52.3 Å². The first-order chi connectivity index (χ1) is 9.22. The summed E-state index contributed by atoms with van der Waals surface area (Å²) in [6.45, 7) is 0.575. The first kappa shape index (κ1) is 12.3. The van der Waals surface area contributed by atoms with E-state index in [1.165, 1.54) is 6.07 Å². The molecular weight excluding hydrogens is 315 g/mol. The molecule has 7 heteroatoms. The Bertz CT molecular complexity index is 614. The standard InChI is InChI=1S/C12H10BrFN4O/c13-10-2-1-8(5-11(10)14)12-6-9(19-16-12)7-18-4-3-15-17-18/h1-5,9H,6-7H2/t9-/m1/s1. The molecule has 98 valence electrons. The van der Waals surface area contributed by atoms with Gasteiger partial charge in [-0.2, -0.15) is 0 Å². The first-order valence-electron chi connectivity index (χ1n) is 5.74. The van der Waals surface area contributed by atoms with Gasteiger partial charge < -0.3 is 4.84 Å². The predicted octanol–water partition coefficient (Wildman–Crippen LogP) is 2.37. The van der Waals surface area contributed by atoms with Gasteiger partial charge in [-0.25, -0.2) is 9.07 Å². The number of benzene rings is 1. The van der Waals surface area contributed by atoms with E-state index in [0.29, 0.717) is 17.4 Å². The first-order valence-corrected chi connectivity index (χ1v) is 6.54. The molecule has 0 fully saturated rings. The molecular formula is C12H10BrFN4O. The van der Waals surface area contributed by atoms with Crippen molar-refractivity contribution in [2.75, 3.05) is 0 Å². The SMILES string of the molecule is Fc1cc(C2=NO[C@@H](Cn3ccnn3)C2)ccc1Br. The predicted molar refractivity (Wildman–Crippen MR) is 70.1 cm³/mol. The maximum Gasteiger partial charge on any atom is 0.152 e. The molecule has 1 aromatic heterocycles.